The van der Waals surface area contributed by atoms with Crippen molar-refractivity contribution in [3.05, 3.63) is 28.2 Å². The van der Waals surface area contributed by atoms with Gasteiger partial charge in [0.15, 0.2) is 11.7 Å². The van der Waals surface area contributed by atoms with E-state index in [1.807, 2.05) is 13.0 Å². The molecule has 0 saturated carbocycles. The monoisotopic (exact) mass is 445 g/mol. The van der Waals surface area contributed by atoms with Crippen LogP contribution in [0.2, 0.25) is 0 Å². The molecule has 0 saturated heterocycles. The van der Waals surface area contributed by atoms with Gasteiger partial charge in [-0.15, -0.1) is 0 Å². The summed E-state index contributed by atoms with van der Waals surface area (Å²) in [6.07, 6.45) is -0.115. The Hall–Kier alpha value is -2.20. The lowest BCUT2D eigenvalue weighted by Crippen LogP contribution is -2.49. The molecule has 1 aromatic rings. The third-order valence-corrected chi connectivity index (χ3v) is 4.02. The molecule has 0 bridgehead atoms. The lowest BCUT2D eigenvalue weighted by molar-refractivity contribution is -0.144. The van der Waals surface area contributed by atoms with Crippen molar-refractivity contribution in [2.75, 3.05) is 13.2 Å². The first kappa shape index (κ1) is 21.8. The summed E-state index contributed by atoms with van der Waals surface area (Å²) in [5, 5.41) is 2.24. The van der Waals surface area contributed by atoms with Crippen LogP contribution in [0.1, 0.15) is 25.3 Å². The number of hydrogen-bond acceptors (Lipinski definition) is 6. The number of carbonyl (C=O) groups excluding carboxylic acids is 3. The third-order valence-electron chi connectivity index (χ3n) is 2.93. The zero-order chi connectivity index (χ0) is 19.5. The minimum atomic E-state index is -0.478. The fourth-order valence-electron chi connectivity index (χ4n) is 1.69. The van der Waals surface area contributed by atoms with E-state index in [-0.39, 0.29) is 31.2 Å². The SMILES string of the molecule is CCOC(=O)CCC(=O)NC(=S)NNC(=O)COc1ccc(Br)c(C)c1. The Bertz CT molecular complexity index is 684. The maximum absolute atomic E-state index is 11.7. The first-order valence-corrected chi connectivity index (χ1v) is 8.95. The van der Waals surface area contributed by atoms with E-state index in [0.29, 0.717) is 5.75 Å². The van der Waals surface area contributed by atoms with E-state index >= 15 is 0 Å². The normalized spacial score (nSPS) is 9.81. The van der Waals surface area contributed by atoms with Crippen molar-refractivity contribution in [3.8, 4) is 5.75 Å². The first-order chi connectivity index (χ1) is 12.3. The summed E-state index contributed by atoms with van der Waals surface area (Å²) in [7, 11) is 0. The summed E-state index contributed by atoms with van der Waals surface area (Å²) in [4.78, 5) is 34.4. The second kappa shape index (κ2) is 11.4. The summed E-state index contributed by atoms with van der Waals surface area (Å²) in [6, 6.07) is 5.34. The number of nitrogens with one attached hydrogen (secondary N) is 3. The van der Waals surface area contributed by atoms with Gasteiger partial charge in [0.25, 0.3) is 5.91 Å². The van der Waals surface area contributed by atoms with Gasteiger partial charge in [-0.1, -0.05) is 15.9 Å². The van der Waals surface area contributed by atoms with Crippen LogP contribution in [-0.2, 0) is 19.1 Å². The number of ether oxygens (including phenoxy) is 2. The molecule has 10 heteroatoms. The second-order valence-corrected chi connectivity index (χ2v) is 6.32. The molecule has 0 fully saturated rings. The molecule has 3 N–H and O–H groups in total. The van der Waals surface area contributed by atoms with Crippen LogP contribution in [-0.4, -0.2) is 36.1 Å². The van der Waals surface area contributed by atoms with E-state index in [9.17, 15) is 14.4 Å². The summed E-state index contributed by atoms with van der Waals surface area (Å²) in [5.41, 5.74) is 5.66. The molecule has 8 nitrogen and oxygen atoms in total. The Morgan fingerprint density at radius 1 is 1.15 bits per heavy atom. The number of halogens is 1. The predicted molar refractivity (Wildman–Crippen MR) is 102 cm³/mol. The number of benzene rings is 1. The Kier molecular flexibility index (Phi) is 9.60. The van der Waals surface area contributed by atoms with Gasteiger partial charge in [-0.2, -0.15) is 0 Å². The lowest BCUT2D eigenvalue weighted by atomic mass is 10.2. The third kappa shape index (κ3) is 8.77. The smallest absolute Gasteiger partial charge is 0.306 e. The van der Waals surface area contributed by atoms with Crippen molar-refractivity contribution in [1.29, 1.82) is 0 Å². The van der Waals surface area contributed by atoms with Crippen molar-refractivity contribution >= 4 is 51.0 Å². The molecular formula is C16H20BrN3O5S. The average Bonchev–Trinajstić information content (AvgIpc) is 2.59. The van der Waals surface area contributed by atoms with Gasteiger partial charge in [0.1, 0.15) is 5.75 Å². The highest BCUT2D eigenvalue weighted by atomic mass is 79.9. The van der Waals surface area contributed by atoms with Crippen LogP contribution in [0.25, 0.3) is 0 Å². The van der Waals surface area contributed by atoms with Crippen LogP contribution >= 0.6 is 28.1 Å². The van der Waals surface area contributed by atoms with Gasteiger partial charge in [-0.25, -0.2) is 0 Å². The molecule has 0 radical (unpaired) electrons. The van der Waals surface area contributed by atoms with Gasteiger partial charge in [-0.3, -0.25) is 25.2 Å². The van der Waals surface area contributed by atoms with Gasteiger partial charge in [0, 0.05) is 10.9 Å². The van der Waals surface area contributed by atoms with Gasteiger partial charge >= 0.3 is 5.97 Å². The number of rotatable bonds is 7. The van der Waals surface area contributed by atoms with Crippen molar-refractivity contribution in [1.82, 2.24) is 16.2 Å². The molecular weight excluding hydrogens is 426 g/mol. The molecule has 142 valence electrons. The Morgan fingerprint density at radius 3 is 2.54 bits per heavy atom. The molecule has 26 heavy (non-hydrogen) atoms. The minimum Gasteiger partial charge on any atom is -0.484 e. The van der Waals surface area contributed by atoms with Crippen molar-refractivity contribution in [2.45, 2.75) is 26.7 Å². The van der Waals surface area contributed by atoms with Crippen molar-refractivity contribution in [3.63, 3.8) is 0 Å². The molecule has 0 aliphatic carbocycles. The topological polar surface area (TPSA) is 106 Å². The highest BCUT2D eigenvalue weighted by molar-refractivity contribution is 9.10. The van der Waals surface area contributed by atoms with Crippen LogP contribution < -0.4 is 20.9 Å². The maximum atomic E-state index is 11.7. The Morgan fingerprint density at radius 2 is 1.88 bits per heavy atom. The van der Waals surface area contributed by atoms with Crippen molar-refractivity contribution < 1.29 is 23.9 Å². The molecule has 0 heterocycles. The fraction of sp³-hybridized carbons (Fsp3) is 0.375. The number of carbonyl (C=O) groups is 3. The molecule has 0 aromatic heterocycles. The van der Waals surface area contributed by atoms with Gasteiger partial charge in [0.2, 0.25) is 5.91 Å². The highest BCUT2D eigenvalue weighted by Gasteiger charge is 2.10. The zero-order valence-electron chi connectivity index (χ0n) is 14.4. The summed E-state index contributed by atoms with van der Waals surface area (Å²) >= 11 is 8.25. The number of hydrazine groups is 1. The average molecular weight is 446 g/mol. The van der Waals surface area contributed by atoms with E-state index in [4.69, 9.17) is 21.7 Å². The van der Waals surface area contributed by atoms with Crippen LogP contribution in [0.3, 0.4) is 0 Å². The van der Waals surface area contributed by atoms with E-state index in [2.05, 4.69) is 32.1 Å². The standard InChI is InChI=1S/C16H20BrN3O5S/c1-3-24-15(23)7-6-13(21)18-16(26)20-19-14(22)9-25-11-4-5-12(17)10(2)8-11/h4-5,8H,3,6-7,9H2,1-2H3,(H,19,22)(H2,18,20,21,26). The number of aryl methyl sites for hydroxylation is 1. The van der Waals surface area contributed by atoms with Crippen LogP contribution in [0, 0.1) is 6.92 Å². The van der Waals surface area contributed by atoms with Crippen LogP contribution in [0.15, 0.2) is 22.7 Å². The van der Waals surface area contributed by atoms with Crippen LogP contribution in [0.5, 0.6) is 5.75 Å². The van der Waals surface area contributed by atoms with Crippen LogP contribution in [0.4, 0.5) is 0 Å². The summed E-state index contributed by atoms with van der Waals surface area (Å²) < 4.78 is 11.0. The van der Waals surface area contributed by atoms with Gasteiger partial charge in [-0.05, 0) is 49.8 Å². The minimum absolute atomic E-state index is 0.0465. The fourth-order valence-corrected chi connectivity index (χ4v) is 2.10. The zero-order valence-corrected chi connectivity index (χ0v) is 16.8. The largest absolute Gasteiger partial charge is 0.484 e. The quantitative estimate of drug-likeness (QED) is 0.331. The van der Waals surface area contributed by atoms with E-state index in [0.717, 1.165) is 10.0 Å². The van der Waals surface area contributed by atoms with Gasteiger partial charge < -0.3 is 14.8 Å². The first-order valence-electron chi connectivity index (χ1n) is 7.75. The second-order valence-electron chi connectivity index (χ2n) is 5.06. The molecule has 0 aliphatic heterocycles. The molecule has 0 aliphatic rings. The highest BCUT2D eigenvalue weighted by Crippen LogP contribution is 2.21. The molecule has 0 atom stereocenters. The molecule has 1 rings (SSSR count). The maximum Gasteiger partial charge on any atom is 0.306 e. The van der Waals surface area contributed by atoms with Crippen molar-refractivity contribution in [2.24, 2.45) is 0 Å². The predicted octanol–water partition coefficient (Wildman–Crippen LogP) is 1.50. The van der Waals surface area contributed by atoms with E-state index in [1.54, 1.807) is 19.1 Å². The number of amides is 2. The number of thiocarbonyl (C=S) groups is 1. The Labute approximate surface area is 165 Å². The Balaban J connectivity index is 2.24. The molecule has 0 unspecified atom stereocenters. The molecule has 2 amide bonds. The van der Waals surface area contributed by atoms with Gasteiger partial charge in [0.05, 0.1) is 13.0 Å². The molecule has 1 aromatic carbocycles. The summed E-state index contributed by atoms with van der Waals surface area (Å²) in [5.74, 6) is -0.856. The number of hydrogen-bond donors (Lipinski definition) is 3. The summed E-state index contributed by atoms with van der Waals surface area (Å²) in [6.45, 7) is 3.62. The van der Waals surface area contributed by atoms with E-state index < -0.39 is 17.8 Å². The molecule has 0 spiro atoms. The lowest BCUT2D eigenvalue weighted by Gasteiger charge is -2.11. The van der Waals surface area contributed by atoms with E-state index in [1.165, 1.54) is 0 Å². The number of esters is 1.